The number of hydrogen-bond donors (Lipinski definition) is 0. The monoisotopic (exact) mass is 252 g/mol. The van der Waals surface area contributed by atoms with Gasteiger partial charge < -0.3 is 4.74 Å². The normalized spacial score (nSPS) is 17.5. The van der Waals surface area contributed by atoms with Gasteiger partial charge in [-0.1, -0.05) is 46.3 Å². The number of hydrogen-bond acceptors (Lipinski definition) is 2. The molecule has 0 bridgehead atoms. The van der Waals surface area contributed by atoms with Crippen molar-refractivity contribution in [3.63, 3.8) is 0 Å². The lowest BCUT2D eigenvalue weighted by Crippen LogP contribution is -1.97. The van der Waals surface area contributed by atoms with Crippen LogP contribution >= 0.6 is 15.9 Å². The number of carbonyl (C=O) groups excluding carboxylic acids is 1. The van der Waals surface area contributed by atoms with Crippen LogP contribution in [0.1, 0.15) is 10.4 Å². The summed E-state index contributed by atoms with van der Waals surface area (Å²) in [4.78, 5) is 10.9. The summed E-state index contributed by atoms with van der Waals surface area (Å²) in [5.74, 6) is -0.250. The van der Waals surface area contributed by atoms with E-state index in [0.717, 1.165) is 11.1 Å². The number of benzene rings is 1. The zero-order valence-corrected chi connectivity index (χ0v) is 9.03. The molecule has 1 heterocycles. The number of carbonyl (C=O) groups is 1. The van der Waals surface area contributed by atoms with Gasteiger partial charge in [-0.3, -0.25) is 0 Å². The first kappa shape index (κ1) is 9.46. The number of rotatable bonds is 2. The fourth-order valence-electron chi connectivity index (χ4n) is 1.37. The smallest absolute Gasteiger partial charge is 0.331 e. The summed E-state index contributed by atoms with van der Waals surface area (Å²) in [6.07, 6.45) is 1.55. The Kier molecular flexibility index (Phi) is 2.68. The van der Waals surface area contributed by atoms with Gasteiger partial charge in [-0.25, -0.2) is 4.79 Å². The van der Waals surface area contributed by atoms with Crippen LogP contribution in [0.25, 0.3) is 0 Å². The number of ether oxygens (including phenoxy) is 1. The average Bonchev–Trinajstić information content (AvgIpc) is 2.65. The summed E-state index contributed by atoms with van der Waals surface area (Å²) in [6.45, 7) is 0.393. The Balaban J connectivity index is 2.21. The maximum absolute atomic E-state index is 10.9. The highest BCUT2D eigenvalue weighted by molar-refractivity contribution is 9.09. The molecule has 1 unspecified atom stereocenters. The molecule has 1 atom stereocenters. The van der Waals surface area contributed by atoms with E-state index in [0.29, 0.717) is 6.61 Å². The Hall–Kier alpha value is -1.09. The number of esters is 1. The van der Waals surface area contributed by atoms with Crippen molar-refractivity contribution in [3.8, 4) is 0 Å². The zero-order chi connectivity index (χ0) is 9.97. The molecule has 0 amide bonds. The van der Waals surface area contributed by atoms with Crippen molar-refractivity contribution >= 4 is 21.9 Å². The van der Waals surface area contributed by atoms with Crippen molar-refractivity contribution in [1.82, 2.24) is 0 Å². The first-order chi connectivity index (χ1) is 6.77. The first-order valence-electron chi connectivity index (χ1n) is 4.33. The van der Waals surface area contributed by atoms with Crippen LogP contribution in [0.3, 0.4) is 0 Å². The van der Waals surface area contributed by atoms with E-state index in [2.05, 4.69) is 15.9 Å². The molecule has 0 aromatic heterocycles. The summed E-state index contributed by atoms with van der Waals surface area (Å²) in [5.41, 5.74) is 2.11. The van der Waals surface area contributed by atoms with Crippen molar-refractivity contribution < 1.29 is 9.53 Å². The molecule has 14 heavy (non-hydrogen) atoms. The van der Waals surface area contributed by atoms with Crippen molar-refractivity contribution in [3.05, 3.63) is 47.5 Å². The predicted octanol–water partition coefficient (Wildman–Crippen LogP) is 2.61. The summed E-state index contributed by atoms with van der Waals surface area (Å²) in [6, 6.07) is 9.95. The third-order valence-corrected chi connectivity index (χ3v) is 3.22. The van der Waals surface area contributed by atoms with E-state index in [9.17, 15) is 4.79 Å². The standard InChI is InChI=1S/C11H9BrO2/c12-11(8-4-2-1-3-5-8)9-6-10(13)14-7-9/h1-6,11H,7H2. The highest BCUT2D eigenvalue weighted by Gasteiger charge is 2.20. The van der Waals surface area contributed by atoms with E-state index in [4.69, 9.17) is 4.74 Å². The molecule has 0 saturated heterocycles. The minimum atomic E-state index is -0.250. The highest BCUT2D eigenvalue weighted by atomic mass is 79.9. The van der Waals surface area contributed by atoms with Crippen LogP contribution in [0.5, 0.6) is 0 Å². The van der Waals surface area contributed by atoms with Crippen molar-refractivity contribution in [1.29, 1.82) is 0 Å². The number of alkyl halides is 1. The van der Waals surface area contributed by atoms with E-state index in [-0.39, 0.29) is 10.8 Å². The van der Waals surface area contributed by atoms with Crippen LogP contribution in [-0.2, 0) is 9.53 Å². The van der Waals surface area contributed by atoms with Gasteiger partial charge in [-0.15, -0.1) is 0 Å². The molecule has 1 aliphatic rings. The third kappa shape index (κ3) is 1.87. The van der Waals surface area contributed by atoms with E-state index in [1.165, 1.54) is 0 Å². The molecule has 0 fully saturated rings. The molecular weight excluding hydrogens is 244 g/mol. The van der Waals surface area contributed by atoms with E-state index >= 15 is 0 Å². The van der Waals surface area contributed by atoms with Gasteiger partial charge in [-0.2, -0.15) is 0 Å². The topological polar surface area (TPSA) is 26.3 Å². The van der Waals surface area contributed by atoms with Crippen LogP contribution in [0.15, 0.2) is 42.0 Å². The van der Waals surface area contributed by atoms with Gasteiger partial charge in [0, 0.05) is 6.08 Å². The molecule has 1 aromatic carbocycles. The Bertz CT molecular complexity index is 370. The molecule has 2 rings (SSSR count). The fourth-order valence-corrected chi connectivity index (χ4v) is 1.94. The first-order valence-corrected chi connectivity index (χ1v) is 5.25. The Morgan fingerprint density at radius 3 is 2.57 bits per heavy atom. The third-order valence-electron chi connectivity index (χ3n) is 2.10. The maximum atomic E-state index is 10.9. The molecule has 0 spiro atoms. The van der Waals surface area contributed by atoms with Crippen LogP contribution in [0, 0.1) is 0 Å². The summed E-state index contributed by atoms with van der Waals surface area (Å²) < 4.78 is 4.85. The van der Waals surface area contributed by atoms with Gasteiger partial charge in [0.2, 0.25) is 0 Å². The highest BCUT2D eigenvalue weighted by Crippen LogP contribution is 2.32. The van der Waals surface area contributed by atoms with E-state index in [1.54, 1.807) is 6.08 Å². The summed E-state index contributed by atoms with van der Waals surface area (Å²) in [7, 11) is 0. The molecular formula is C11H9BrO2. The second-order valence-corrected chi connectivity index (χ2v) is 4.02. The molecule has 0 aliphatic carbocycles. The Labute approximate surface area is 90.7 Å². The van der Waals surface area contributed by atoms with Crippen LogP contribution in [0.4, 0.5) is 0 Å². The minimum absolute atomic E-state index is 0.0788. The van der Waals surface area contributed by atoms with Crippen molar-refractivity contribution in [2.24, 2.45) is 0 Å². The van der Waals surface area contributed by atoms with Gasteiger partial charge in [0.25, 0.3) is 0 Å². The van der Waals surface area contributed by atoms with Gasteiger partial charge in [0.05, 0.1) is 4.83 Å². The van der Waals surface area contributed by atoms with Crippen molar-refractivity contribution in [2.45, 2.75) is 4.83 Å². The average molecular weight is 253 g/mol. The van der Waals surface area contributed by atoms with Crippen LogP contribution in [-0.4, -0.2) is 12.6 Å². The quantitative estimate of drug-likeness (QED) is 0.598. The molecule has 2 nitrogen and oxygen atoms in total. The van der Waals surface area contributed by atoms with Gasteiger partial charge in [-0.05, 0) is 11.1 Å². The Morgan fingerprint density at radius 1 is 1.29 bits per heavy atom. The predicted molar refractivity (Wildman–Crippen MR) is 57.2 cm³/mol. The molecule has 1 aliphatic heterocycles. The lowest BCUT2D eigenvalue weighted by Gasteiger charge is -2.09. The van der Waals surface area contributed by atoms with Crippen LogP contribution < -0.4 is 0 Å². The second-order valence-electron chi connectivity index (χ2n) is 3.10. The van der Waals surface area contributed by atoms with Crippen molar-refractivity contribution in [2.75, 3.05) is 6.61 Å². The molecule has 72 valence electrons. The number of cyclic esters (lactones) is 1. The van der Waals surface area contributed by atoms with E-state index in [1.807, 2.05) is 30.3 Å². The van der Waals surface area contributed by atoms with Crippen LogP contribution in [0.2, 0.25) is 0 Å². The SMILES string of the molecule is O=C1C=C(C(Br)c2ccccc2)CO1. The van der Waals surface area contributed by atoms with E-state index < -0.39 is 0 Å². The van der Waals surface area contributed by atoms with Gasteiger partial charge in [0.1, 0.15) is 6.61 Å². The number of halogens is 1. The largest absolute Gasteiger partial charge is 0.458 e. The molecule has 3 heteroatoms. The summed E-state index contributed by atoms with van der Waals surface area (Å²) >= 11 is 3.54. The lowest BCUT2D eigenvalue weighted by atomic mass is 10.1. The molecule has 0 N–H and O–H groups in total. The molecule has 0 radical (unpaired) electrons. The van der Waals surface area contributed by atoms with Gasteiger partial charge in [0.15, 0.2) is 0 Å². The fraction of sp³-hybridized carbons (Fsp3) is 0.182. The minimum Gasteiger partial charge on any atom is -0.458 e. The second kappa shape index (κ2) is 3.96. The molecule has 0 saturated carbocycles. The lowest BCUT2D eigenvalue weighted by molar-refractivity contribution is -0.134. The zero-order valence-electron chi connectivity index (χ0n) is 7.44. The maximum Gasteiger partial charge on any atom is 0.331 e. The Morgan fingerprint density at radius 2 is 2.00 bits per heavy atom. The molecule has 1 aromatic rings. The van der Waals surface area contributed by atoms with Gasteiger partial charge >= 0.3 is 5.97 Å². The summed E-state index contributed by atoms with van der Waals surface area (Å²) in [5, 5.41) is 0.